The molecule has 0 saturated heterocycles. The molecule has 0 aliphatic heterocycles. The van der Waals surface area contributed by atoms with E-state index in [1.165, 1.54) is 5.56 Å². The highest BCUT2D eigenvalue weighted by atomic mass is 16.1. The fourth-order valence-electron chi connectivity index (χ4n) is 3.97. The van der Waals surface area contributed by atoms with E-state index in [0.29, 0.717) is 11.9 Å². The van der Waals surface area contributed by atoms with Gasteiger partial charge in [-0.1, -0.05) is 67.6 Å². The molecule has 30 heavy (non-hydrogen) atoms. The first kappa shape index (κ1) is 18.3. The maximum absolute atomic E-state index is 13.1. The Hall–Kier alpha value is -3.73. The van der Waals surface area contributed by atoms with Crippen molar-refractivity contribution in [2.75, 3.05) is 0 Å². The van der Waals surface area contributed by atoms with Gasteiger partial charge < -0.3 is 4.57 Å². The van der Waals surface area contributed by atoms with Crippen molar-refractivity contribution in [1.29, 1.82) is 0 Å². The molecule has 3 aromatic heterocycles. The van der Waals surface area contributed by atoms with E-state index in [4.69, 9.17) is 5.10 Å². The van der Waals surface area contributed by atoms with Crippen molar-refractivity contribution in [2.24, 2.45) is 0 Å². The average molecular weight is 394 g/mol. The smallest absolute Gasteiger partial charge is 0.261 e. The molecule has 148 valence electrons. The largest absolute Gasteiger partial charge is 0.314 e. The molecule has 5 rings (SSSR count). The predicted octanol–water partition coefficient (Wildman–Crippen LogP) is 4.52. The number of fused-ring (bicyclic) bond motifs is 3. The molecule has 0 aliphatic rings. The van der Waals surface area contributed by atoms with Crippen LogP contribution in [0.5, 0.6) is 0 Å². The summed E-state index contributed by atoms with van der Waals surface area (Å²) < 4.78 is 3.57. The van der Waals surface area contributed by atoms with E-state index in [-0.39, 0.29) is 5.56 Å². The lowest BCUT2D eigenvalue weighted by atomic mass is 10.0. The summed E-state index contributed by atoms with van der Waals surface area (Å²) in [6, 6.07) is 22.4. The lowest BCUT2D eigenvalue weighted by Gasteiger charge is -2.08. The minimum absolute atomic E-state index is 0.0346. The number of aromatic nitrogens is 4. The summed E-state index contributed by atoms with van der Waals surface area (Å²) >= 11 is 0. The van der Waals surface area contributed by atoms with E-state index < -0.39 is 0 Å². The van der Waals surface area contributed by atoms with Gasteiger partial charge in [-0.2, -0.15) is 5.10 Å². The molecule has 0 atom stereocenters. The van der Waals surface area contributed by atoms with Gasteiger partial charge in [0.05, 0.1) is 16.6 Å². The second kappa shape index (κ2) is 7.59. The van der Waals surface area contributed by atoms with E-state index in [0.717, 1.165) is 40.8 Å². The number of nitrogens with zero attached hydrogens (tertiary/aromatic N) is 4. The fourth-order valence-corrected chi connectivity index (χ4v) is 3.97. The van der Waals surface area contributed by atoms with Crippen molar-refractivity contribution in [1.82, 2.24) is 19.2 Å². The Labute approximate surface area is 174 Å². The van der Waals surface area contributed by atoms with Crippen molar-refractivity contribution in [2.45, 2.75) is 26.3 Å². The van der Waals surface area contributed by atoms with Crippen molar-refractivity contribution in [3.63, 3.8) is 0 Å². The molecule has 0 spiro atoms. The second-order valence-corrected chi connectivity index (χ2v) is 7.38. The molecule has 0 N–H and O–H groups in total. The monoisotopic (exact) mass is 394 g/mol. The Kier molecular flexibility index (Phi) is 4.64. The zero-order chi connectivity index (χ0) is 20.5. The highest BCUT2D eigenvalue weighted by molar-refractivity contribution is 5.86. The van der Waals surface area contributed by atoms with Gasteiger partial charge in [0.25, 0.3) is 5.56 Å². The maximum atomic E-state index is 13.1. The molecule has 5 aromatic rings. The van der Waals surface area contributed by atoms with Crippen LogP contribution in [0.2, 0.25) is 0 Å². The highest BCUT2D eigenvalue weighted by Crippen LogP contribution is 2.29. The molecular weight excluding hydrogens is 372 g/mol. The van der Waals surface area contributed by atoms with Gasteiger partial charge in [0.2, 0.25) is 0 Å². The SMILES string of the molecule is CCc1nn2c(ncc3c(=O)n(CCc4ccccc4)ccc32)c1-c1ccccc1. The number of pyridine rings is 1. The summed E-state index contributed by atoms with van der Waals surface area (Å²) in [7, 11) is 0. The number of hydrogen-bond donors (Lipinski definition) is 0. The molecular formula is C25H22N4O. The van der Waals surface area contributed by atoms with Crippen molar-refractivity contribution < 1.29 is 0 Å². The molecule has 5 heteroatoms. The molecule has 0 aliphatic carbocycles. The Morgan fingerprint density at radius 2 is 1.67 bits per heavy atom. The van der Waals surface area contributed by atoms with Crippen LogP contribution in [-0.2, 0) is 19.4 Å². The first-order valence-corrected chi connectivity index (χ1v) is 10.3. The zero-order valence-corrected chi connectivity index (χ0v) is 16.8. The van der Waals surface area contributed by atoms with Gasteiger partial charge in [0.15, 0.2) is 5.65 Å². The number of rotatable bonds is 5. The molecule has 0 saturated carbocycles. The highest BCUT2D eigenvalue weighted by Gasteiger charge is 2.17. The summed E-state index contributed by atoms with van der Waals surface area (Å²) in [5.74, 6) is 0. The van der Waals surface area contributed by atoms with E-state index >= 15 is 0 Å². The van der Waals surface area contributed by atoms with Crippen molar-refractivity contribution in [3.05, 3.63) is 101 Å². The number of benzene rings is 2. The summed E-state index contributed by atoms with van der Waals surface area (Å²) in [6.45, 7) is 2.72. The van der Waals surface area contributed by atoms with E-state index in [2.05, 4.69) is 36.2 Å². The molecule has 0 amide bonds. The van der Waals surface area contributed by atoms with Gasteiger partial charge in [-0.25, -0.2) is 9.50 Å². The third-order valence-electron chi connectivity index (χ3n) is 5.54. The summed E-state index contributed by atoms with van der Waals surface area (Å²) in [5.41, 5.74) is 5.86. The lowest BCUT2D eigenvalue weighted by Crippen LogP contribution is -2.21. The molecule has 0 bridgehead atoms. The van der Waals surface area contributed by atoms with Crippen LogP contribution in [-0.4, -0.2) is 19.2 Å². The van der Waals surface area contributed by atoms with Crippen LogP contribution in [0, 0.1) is 0 Å². The van der Waals surface area contributed by atoms with Crippen molar-refractivity contribution in [3.8, 4) is 11.1 Å². The minimum Gasteiger partial charge on any atom is -0.314 e. The van der Waals surface area contributed by atoms with Gasteiger partial charge in [-0.15, -0.1) is 0 Å². The topological polar surface area (TPSA) is 52.2 Å². The summed E-state index contributed by atoms with van der Waals surface area (Å²) in [5, 5.41) is 5.39. The lowest BCUT2D eigenvalue weighted by molar-refractivity contribution is 0.674. The first-order valence-electron chi connectivity index (χ1n) is 10.3. The van der Waals surface area contributed by atoms with Crippen LogP contribution >= 0.6 is 0 Å². The minimum atomic E-state index is -0.0346. The van der Waals surface area contributed by atoms with E-state index in [9.17, 15) is 4.79 Å². The molecule has 0 unspecified atom stereocenters. The van der Waals surface area contributed by atoms with Gasteiger partial charge >= 0.3 is 0 Å². The van der Waals surface area contributed by atoms with Crippen LogP contribution in [0.15, 0.2) is 83.9 Å². The zero-order valence-electron chi connectivity index (χ0n) is 16.8. The predicted molar refractivity (Wildman–Crippen MR) is 120 cm³/mol. The number of aryl methyl sites for hydroxylation is 3. The third-order valence-corrected chi connectivity index (χ3v) is 5.54. The average Bonchev–Trinajstić information content (AvgIpc) is 3.19. The first-order chi connectivity index (χ1) is 14.8. The third kappa shape index (κ3) is 3.08. The van der Waals surface area contributed by atoms with Gasteiger partial charge in [-0.3, -0.25) is 4.79 Å². The van der Waals surface area contributed by atoms with Crippen LogP contribution in [0.25, 0.3) is 27.7 Å². The van der Waals surface area contributed by atoms with Crippen molar-refractivity contribution >= 4 is 16.6 Å². The Bertz CT molecular complexity index is 1390. The molecule has 5 nitrogen and oxygen atoms in total. The molecule has 0 fully saturated rings. The molecule has 2 aromatic carbocycles. The summed E-state index contributed by atoms with van der Waals surface area (Å²) in [4.78, 5) is 17.8. The van der Waals surface area contributed by atoms with Gasteiger partial charge in [0.1, 0.15) is 0 Å². The van der Waals surface area contributed by atoms with Crippen LogP contribution < -0.4 is 5.56 Å². The second-order valence-electron chi connectivity index (χ2n) is 7.38. The summed E-state index contributed by atoms with van der Waals surface area (Å²) in [6.07, 6.45) is 5.16. The van der Waals surface area contributed by atoms with E-state index in [1.807, 2.05) is 53.2 Å². The van der Waals surface area contributed by atoms with Gasteiger partial charge in [-0.05, 0) is 30.0 Å². The normalized spacial score (nSPS) is 11.4. The Morgan fingerprint density at radius 3 is 2.40 bits per heavy atom. The van der Waals surface area contributed by atoms with Crippen LogP contribution in [0.1, 0.15) is 18.2 Å². The molecule has 0 radical (unpaired) electrons. The van der Waals surface area contributed by atoms with Gasteiger partial charge in [0, 0.05) is 24.5 Å². The fraction of sp³-hybridized carbons (Fsp3) is 0.160. The van der Waals surface area contributed by atoms with Crippen LogP contribution in [0.4, 0.5) is 0 Å². The Balaban J connectivity index is 1.62. The maximum Gasteiger partial charge on any atom is 0.261 e. The van der Waals surface area contributed by atoms with E-state index in [1.54, 1.807) is 10.8 Å². The number of hydrogen-bond acceptors (Lipinski definition) is 3. The van der Waals surface area contributed by atoms with Crippen LogP contribution in [0.3, 0.4) is 0 Å². The standard InChI is InChI=1S/C25H22N4O/c1-2-21-23(19-11-7-4-8-12-19)24-26-17-20-22(29(24)27-21)14-16-28(25(20)30)15-13-18-9-5-3-6-10-18/h3-12,14,16-17H,2,13,15H2,1H3. The quantitative estimate of drug-likeness (QED) is 0.440. The Morgan fingerprint density at radius 1 is 0.933 bits per heavy atom. The molecule has 3 heterocycles.